The van der Waals surface area contributed by atoms with E-state index in [1.165, 1.54) is 0 Å². The van der Waals surface area contributed by atoms with Crippen LogP contribution in [0.3, 0.4) is 0 Å². The third-order valence-corrected chi connectivity index (χ3v) is 5.37. The van der Waals surface area contributed by atoms with Crippen LogP contribution in [0.1, 0.15) is 35.6 Å². The molecule has 1 aliphatic rings. The number of amides is 3. The molecule has 0 radical (unpaired) electrons. The van der Waals surface area contributed by atoms with Crippen LogP contribution >= 0.6 is 11.6 Å². The molecule has 29 heavy (non-hydrogen) atoms. The minimum absolute atomic E-state index is 0.0683. The zero-order chi connectivity index (χ0) is 21.1. The lowest BCUT2D eigenvalue weighted by atomic mass is 10.1. The third-order valence-electron chi connectivity index (χ3n) is 5.12. The monoisotopic (exact) mass is 415 g/mol. The molecule has 1 fully saturated rings. The summed E-state index contributed by atoms with van der Waals surface area (Å²) in [6, 6.07) is 6.64. The number of rotatable bonds is 4. The first-order valence-corrected chi connectivity index (χ1v) is 10.0. The maximum Gasteiger partial charge on any atom is 0.322 e. The molecular weight excluding hydrogens is 390 g/mol. The van der Waals surface area contributed by atoms with Crippen LogP contribution in [0.25, 0.3) is 0 Å². The Morgan fingerprint density at radius 3 is 2.41 bits per heavy atom. The van der Waals surface area contributed by atoms with Crippen LogP contribution in [0.15, 0.2) is 24.3 Å². The lowest BCUT2D eigenvalue weighted by Crippen LogP contribution is -2.47. The van der Waals surface area contributed by atoms with E-state index in [0.717, 1.165) is 12.0 Å². The number of halogens is 1. The quantitative estimate of drug-likeness (QED) is 0.825. The second kappa shape index (κ2) is 8.78. The summed E-state index contributed by atoms with van der Waals surface area (Å²) in [6.45, 7) is 6.50. The minimum Gasteiger partial charge on any atom is -0.340 e. The molecule has 3 amide bonds. The van der Waals surface area contributed by atoms with Gasteiger partial charge >= 0.3 is 6.03 Å². The van der Waals surface area contributed by atoms with Gasteiger partial charge in [-0.3, -0.25) is 4.79 Å². The molecule has 1 aromatic heterocycles. The highest BCUT2D eigenvalue weighted by Gasteiger charge is 2.36. The molecular formula is C21H26ClN5O2. The molecule has 1 aromatic carbocycles. The topological polar surface area (TPSA) is 78.4 Å². The van der Waals surface area contributed by atoms with E-state index in [9.17, 15) is 9.59 Å². The molecule has 0 spiro atoms. The van der Waals surface area contributed by atoms with Crippen molar-refractivity contribution in [3.63, 3.8) is 0 Å². The van der Waals surface area contributed by atoms with Crippen molar-refractivity contribution in [1.29, 1.82) is 0 Å². The van der Waals surface area contributed by atoms with Gasteiger partial charge in [-0.2, -0.15) is 0 Å². The van der Waals surface area contributed by atoms with Crippen molar-refractivity contribution < 1.29 is 9.59 Å². The Labute approximate surface area is 176 Å². The highest BCUT2D eigenvalue weighted by Crippen LogP contribution is 2.23. The molecule has 1 N–H and O–H groups in total. The minimum atomic E-state index is -0.473. The predicted octanol–water partition coefficient (Wildman–Crippen LogP) is 3.71. The second-order valence-corrected chi connectivity index (χ2v) is 7.86. The highest BCUT2D eigenvalue weighted by molar-refractivity contribution is 6.30. The van der Waals surface area contributed by atoms with Gasteiger partial charge in [0.05, 0.1) is 17.1 Å². The summed E-state index contributed by atoms with van der Waals surface area (Å²) in [4.78, 5) is 37.8. The fourth-order valence-corrected chi connectivity index (χ4v) is 3.83. The summed E-state index contributed by atoms with van der Waals surface area (Å²) >= 11 is 5.93. The van der Waals surface area contributed by atoms with Gasteiger partial charge in [-0.25, -0.2) is 14.8 Å². The molecule has 2 heterocycles. The molecule has 1 aliphatic heterocycles. The number of benzene rings is 1. The van der Waals surface area contributed by atoms with E-state index < -0.39 is 6.04 Å². The number of nitrogens with zero attached hydrogens (tertiary/aromatic N) is 4. The highest BCUT2D eigenvalue weighted by atomic mass is 35.5. The number of carbonyl (C=O) groups is 2. The number of aryl methyl sites for hydroxylation is 3. The molecule has 1 saturated heterocycles. The van der Waals surface area contributed by atoms with E-state index in [1.807, 2.05) is 32.9 Å². The SMILES string of the molecule is Cc1nc(C)c(NC(=O)N2CCC[C@@H]2C(=O)N(C)Cc2ccc(Cl)cc2)c(C)n1. The first-order valence-electron chi connectivity index (χ1n) is 9.65. The van der Waals surface area contributed by atoms with Gasteiger partial charge in [0.25, 0.3) is 0 Å². The first kappa shape index (κ1) is 21.0. The Hall–Kier alpha value is -2.67. The molecule has 3 rings (SSSR count). The molecule has 0 aliphatic carbocycles. The van der Waals surface area contributed by atoms with Crippen molar-refractivity contribution in [2.75, 3.05) is 18.9 Å². The van der Waals surface area contributed by atoms with E-state index in [4.69, 9.17) is 11.6 Å². The van der Waals surface area contributed by atoms with Gasteiger partial charge < -0.3 is 15.1 Å². The number of likely N-dealkylation sites (tertiary alicyclic amines) is 1. The summed E-state index contributed by atoms with van der Waals surface area (Å²) in [5.41, 5.74) is 3.02. The standard InChI is InChI=1S/C21H26ClN5O2/c1-13-19(14(2)24-15(3)23-13)25-21(29)27-11-5-6-18(27)20(28)26(4)12-16-7-9-17(22)10-8-16/h7-10,18H,5-6,11-12H2,1-4H3,(H,25,29)/t18-/m1/s1. The van der Waals surface area contributed by atoms with Crippen LogP contribution in [0.2, 0.25) is 5.02 Å². The van der Waals surface area contributed by atoms with Crippen molar-refractivity contribution in [3.05, 3.63) is 52.1 Å². The molecule has 8 heteroatoms. The molecule has 0 unspecified atom stereocenters. The summed E-state index contributed by atoms with van der Waals surface area (Å²) in [7, 11) is 1.76. The van der Waals surface area contributed by atoms with E-state index in [-0.39, 0.29) is 11.9 Å². The Bertz CT molecular complexity index is 893. The van der Waals surface area contributed by atoms with Gasteiger partial charge in [0.1, 0.15) is 11.9 Å². The van der Waals surface area contributed by atoms with Crippen LogP contribution in [-0.2, 0) is 11.3 Å². The lowest BCUT2D eigenvalue weighted by molar-refractivity contribution is -0.134. The number of hydrogen-bond acceptors (Lipinski definition) is 4. The number of nitrogens with one attached hydrogen (secondary N) is 1. The number of carbonyl (C=O) groups excluding carboxylic acids is 2. The Balaban J connectivity index is 1.69. The van der Waals surface area contributed by atoms with E-state index in [1.54, 1.807) is 29.0 Å². The van der Waals surface area contributed by atoms with Gasteiger partial charge in [-0.05, 0) is 51.3 Å². The fraction of sp³-hybridized carbons (Fsp3) is 0.429. The van der Waals surface area contributed by atoms with Crippen molar-refractivity contribution >= 4 is 29.2 Å². The Morgan fingerprint density at radius 2 is 1.79 bits per heavy atom. The third kappa shape index (κ3) is 4.85. The number of likely N-dealkylation sites (N-methyl/N-ethyl adjacent to an activating group) is 1. The molecule has 7 nitrogen and oxygen atoms in total. The van der Waals surface area contributed by atoms with Crippen molar-refractivity contribution in [2.45, 2.75) is 46.2 Å². The number of hydrogen-bond donors (Lipinski definition) is 1. The van der Waals surface area contributed by atoms with Crippen molar-refractivity contribution in [2.24, 2.45) is 0 Å². The number of anilines is 1. The molecule has 154 valence electrons. The summed E-state index contributed by atoms with van der Waals surface area (Å²) in [5.74, 6) is 0.595. The maximum atomic E-state index is 13.0. The van der Waals surface area contributed by atoms with Gasteiger partial charge in [0.2, 0.25) is 5.91 Å². The van der Waals surface area contributed by atoms with Crippen LogP contribution in [0.5, 0.6) is 0 Å². The summed E-state index contributed by atoms with van der Waals surface area (Å²) < 4.78 is 0. The fourth-order valence-electron chi connectivity index (χ4n) is 3.71. The van der Waals surface area contributed by atoms with E-state index >= 15 is 0 Å². The van der Waals surface area contributed by atoms with Crippen LogP contribution < -0.4 is 5.32 Å². The van der Waals surface area contributed by atoms with E-state index in [2.05, 4.69) is 15.3 Å². The number of aromatic nitrogens is 2. The van der Waals surface area contributed by atoms with Gasteiger partial charge in [0.15, 0.2) is 0 Å². The smallest absolute Gasteiger partial charge is 0.322 e. The van der Waals surface area contributed by atoms with Gasteiger partial charge in [-0.15, -0.1) is 0 Å². The van der Waals surface area contributed by atoms with Gasteiger partial charge in [0, 0.05) is 25.2 Å². The largest absolute Gasteiger partial charge is 0.340 e. The van der Waals surface area contributed by atoms with Gasteiger partial charge in [-0.1, -0.05) is 23.7 Å². The molecule has 0 bridgehead atoms. The lowest BCUT2D eigenvalue weighted by Gasteiger charge is -2.28. The average Bonchev–Trinajstić information content (AvgIpc) is 3.15. The molecule has 2 aromatic rings. The Kier molecular flexibility index (Phi) is 6.37. The van der Waals surface area contributed by atoms with Crippen molar-refractivity contribution in [3.8, 4) is 0 Å². The summed E-state index contributed by atoms with van der Waals surface area (Å²) in [6.07, 6.45) is 1.44. The first-order chi connectivity index (χ1) is 13.8. The average molecular weight is 416 g/mol. The normalized spacial score (nSPS) is 16.0. The molecule has 0 saturated carbocycles. The van der Waals surface area contributed by atoms with E-state index in [0.29, 0.717) is 47.4 Å². The second-order valence-electron chi connectivity index (χ2n) is 7.42. The zero-order valence-corrected chi connectivity index (χ0v) is 18.0. The molecule has 1 atom stereocenters. The van der Waals surface area contributed by atoms with Crippen LogP contribution in [0.4, 0.5) is 10.5 Å². The van der Waals surface area contributed by atoms with Crippen LogP contribution in [0, 0.1) is 20.8 Å². The number of urea groups is 1. The zero-order valence-electron chi connectivity index (χ0n) is 17.2. The van der Waals surface area contributed by atoms with Crippen LogP contribution in [-0.4, -0.2) is 51.3 Å². The van der Waals surface area contributed by atoms with Crippen molar-refractivity contribution in [1.82, 2.24) is 19.8 Å². The summed E-state index contributed by atoms with van der Waals surface area (Å²) in [5, 5.41) is 3.56. The Morgan fingerprint density at radius 1 is 1.17 bits per heavy atom. The maximum absolute atomic E-state index is 13.0. The predicted molar refractivity (Wildman–Crippen MR) is 113 cm³/mol.